The minimum absolute atomic E-state index is 0.165. The third-order valence-corrected chi connectivity index (χ3v) is 4.27. The Bertz CT molecular complexity index is 298. The lowest BCUT2D eigenvalue weighted by molar-refractivity contribution is -0.137. The van der Waals surface area contributed by atoms with Crippen molar-refractivity contribution in [3.8, 4) is 0 Å². The molecule has 1 rings (SSSR count). The summed E-state index contributed by atoms with van der Waals surface area (Å²) in [5.41, 5.74) is 0. The summed E-state index contributed by atoms with van der Waals surface area (Å²) in [4.78, 5) is 10.2. The number of aliphatic carboxylic acids is 1. The van der Waals surface area contributed by atoms with E-state index in [0.717, 1.165) is 0 Å². The number of hydrogen-bond acceptors (Lipinski definition) is 4. The Morgan fingerprint density at radius 3 is 2.47 bits per heavy atom. The Balaban J connectivity index is 2.11. The van der Waals surface area contributed by atoms with Gasteiger partial charge in [-0.15, -0.1) is 0 Å². The zero-order valence-corrected chi connectivity index (χ0v) is 9.42. The molecule has 1 fully saturated rings. The average Bonchev–Trinajstić information content (AvgIpc) is 2.14. The Hall–Kier alpha value is -0.620. The summed E-state index contributed by atoms with van der Waals surface area (Å²) in [7, 11) is -2.79. The van der Waals surface area contributed by atoms with Crippen LogP contribution >= 0.6 is 0 Å². The fraction of sp³-hybridized carbons (Fsp3) is 0.889. The molecule has 0 bridgehead atoms. The van der Waals surface area contributed by atoms with E-state index < -0.39 is 15.8 Å². The van der Waals surface area contributed by atoms with Gasteiger partial charge in [0, 0.05) is 12.5 Å². The van der Waals surface area contributed by atoms with Crippen LogP contribution in [0.3, 0.4) is 0 Å². The molecule has 5 nitrogen and oxygen atoms in total. The number of carbonyl (C=O) groups is 1. The van der Waals surface area contributed by atoms with Crippen LogP contribution in [0.2, 0.25) is 0 Å². The van der Waals surface area contributed by atoms with Gasteiger partial charge in [0.15, 0.2) is 0 Å². The lowest BCUT2D eigenvalue weighted by atomic mass is 10.1. The summed E-state index contributed by atoms with van der Waals surface area (Å²) in [5.74, 6) is -0.282. The van der Waals surface area contributed by atoms with E-state index in [4.69, 9.17) is 5.11 Å². The molecule has 1 aliphatic rings. The van der Waals surface area contributed by atoms with Crippen molar-refractivity contribution >= 4 is 15.8 Å². The highest BCUT2D eigenvalue weighted by Gasteiger charge is 2.22. The van der Waals surface area contributed by atoms with Gasteiger partial charge in [-0.3, -0.25) is 4.79 Å². The van der Waals surface area contributed by atoms with Crippen molar-refractivity contribution in [1.29, 1.82) is 0 Å². The first-order valence-electron chi connectivity index (χ1n) is 5.15. The minimum atomic E-state index is -2.79. The molecule has 0 unspecified atom stereocenters. The molecule has 0 radical (unpaired) electrons. The molecular weight excluding hydrogens is 218 g/mol. The summed E-state index contributed by atoms with van der Waals surface area (Å²) in [6.07, 6.45) is 2.06. The van der Waals surface area contributed by atoms with Crippen LogP contribution in [0.15, 0.2) is 0 Å². The molecule has 2 N–H and O–H groups in total. The predicted molar refractivity (Wildman–Crippen MR) is 56.5 cm³/mol. The minimum Gasteiger partial charge on any atom is -0.481 e. The van der Waals surface area contributed by atoms with E-state index in [-0.39, 0.29) is 24.0 Å². The van der Waals surface area contributed by atoms with Crippen molar-refractivity contribution in [2.45, 2.75) is 31.7 Å². The fourth-order valence-electron chi connectivity index (χ4n) is 1.64. The molecule has 6 heteroatoms. The Kier molecular flexibility index (Phi) is 4.53. The standard InChI is InChI=1S/C9H17NO4S/c11-9(12)2-1-5-10-8-3-6-15(13,14)7-4-8/h8,10H,1-7H2,(H,11,12). The molecule has 0 aromatic rings. The van der Waals surface area contributed by atoms with Crippen LogP contribution in [0.4, 0.5) is 0 Å². The van der Waals surface area contributed by atoms with Crippen LogP contribution < -0.4 is 5.32 Å². The number of carboxylic acid groups (broad SMARTS) is 1. The highest BCUT2D eigenvalue weighted by Crippen LogP contribution is 2.11. The van der Waals surface area contributed by atoms with Crippen LogP contribution in [-0.4, -0.2) is 43.6 Å². The third-order valence-electron chi connectivity index (χ3n) is 2.56. The second-order valence-electron chi connectivity index (χ2n) is 3.88. The molecule has 1 saturated heterocycles. The Morgan fingerprint density at radius 1 is 1.33 bits per heavy atom. The van der Waals surface area contributed by atoms with E-state index in [1.165, 1.54) is 0 Å². The van der Waals surface area contributed by atoms with E-state index in [0.29, 0.717) is 25.8 Å². The maximum Gasteiger partial charge on any atom is 0.303 e. The van der Waals surface area contributed by atoms with Crippen molar-refractivity contribution in [3.05, 3.63) is 0 Å². The number of hydrogen-bond donors (Lipinski definition) is 2. The first-order valence-corrected chi connectivity index (χ1v) is 6.97. The topological polar surface area (TPSA) is 83.5 Å². The molecule has 0 aliphatic carbocycles. The molecule has 0 atom stereocenters. The van der Waals surface area contributed by atoms with E-state index in [9.17, 15) is 13.2 Å². The SMILES string of the molecule is O=C(O)CCCNC1CCS(=O)(=O)CC1. The highest BCUT2D eigenvalue weighted by atomic mass is 32.2. The molecule has 0 aromatic heterocycles. The quantitative estimate of drug-likeness (QED) is 0.656. The maximum atomic E-state index is 11.1. The summed E-state index contributed by atoms with van der Waals surface area (Å²) in [6.45, 7) is 0.650. The zero-order chi connectivity index (χ0) is 11.3. The Morgan fingerprint density at radius 2 is 1.93 bits per heavy atom. The molecule has 1 aliphatic heterocycles. The van der Waals surface area contributed by atoms with Gasteiger partial charge in [0.2, 0.25) is 0 Å². The lowest BCUT2D eigenvalue weighted by Crippen LogP contribution is -2.38. The van der Waals surface area contributed by atoms with Crippen molar-refractivity contribution in [2.75, 3.05) is 18.1 Å². The van der Waals surface area contributed by atoms with Gasteiger partial charge >= 0.3 is 5.97 Å². The second-order valence-corrected chi connectivity index (χ2v) is 6.18. The number of nitrogens with one attached hydrogen (secondary N) is 1. The van der Waals surface area contributed by atoms with Crippen LogP contribution in [-0.2, 0) is 14.6 Å². The number of carboxylic acids is 1. The summed E-state index contributed by atoms with van der Waals surface area (Å²) in [6, 6.07) is 0.238. The molecule has 0 amide bonds. The van der Waals surface area contributed by atoms with Crippen molar-refractivity contribution in [3.63, 3.8) is 0 Å². The van der Waals surface area contributed by atoms with Crippen LogP contribution in [0.25, 0.3) is 0 Å². The van der Waals surface area contributed by atoms with E-state index in [1.807, 2.05) is 0 Å². The summed E-state index contributed by atoms with van der Waals surface area (Å²) in [5, 5.41) is 11.6. The Labute approximate surface area is 89.8 Å². The molecular formula is C9H17NO4S. The van der Waals surface area contributed by atoms with Crippen LogP contribution in [0.5, 0.6) is 0 Å². The third kappa shape index (κ3) is 5.13. The lowest BCUT2D eigenvalue weighted by Gasteiger charge is -2.22. The van der Waals surface area contributed by atoms with Crippen LogP contribution in [0, 0.1) is 0 Å². The van der Waals surface area contributed by atoms with Gasteiger partial charge in [-0.25, -0.2) is 8.42 Å². The summed E-state index contributed by atoms with van der Waals surface area (Å²) < 4.78 is 22.2. The monoisotopic (exact) mass is 235 g/mol. The fourth-order valence-corrected chi connectivity index (χ4v) is 3.13. The van der Waals surface area contributed by atoms with E-state index >= 15 is 0 Å². The second kappa shape index (κ2) is 5.46. The first-order chi connectivity index (χ1) is 6.99. The normalized spacial score (nSPS) is 21.3. The smallest absolute Gasteiger partial charge is 0.303 e. The van der Waals surface area contributed by atoms with Crippen molar-refractivity contribution in [1.82, 2.24) is 5.32 Å². The number of rotatable bonds is 5. The molecule has 88 valence electrons. The van der Waals surface area contributed by atoms with Gasteiger partial charge < -0.3 is 10.4 Å². The van der Waals surface area contributed by atoms with Crippen LogP contribution in [0.1, 0.15) is 25.7 Å². The number of sulfone groups is 1. The van der Waals surface area contributed by atoms with Gasteiger partial charge in [-0.1, -0.05) is 0 Å². The maximum absolute atomic E-state index is 11.1. The molecule has 0 spiro atoms. The molecule has 0 aromatic carbocycles. The largest absolute Gasteiger partial charge is 0.481 e. The average molecular weight is 235 g/mol. The molecule has 0 saturated carbocycles. The van der Waals surface area contributed by atoms with E-state index in [1.54, 1.807) is 0 Å². The predicted octanol–water partition coefficient (Wildman–Crippen LogP) is 0.0180. The van der Waals surface area contributed by atoms with Gasteiger partial charge in [0.25, 0.3) is 0 Å². The highest BCUT2D eigenvalue weighted by molar-refractivity contribution is 7.91. The van der Waals surface area contributed by atoms with Crippen molar-refractivity contribution in [2.24, 2.45) is 0 Å². The van der Waals surface area contributed by atoms with E-state index in [2.05, 4.69) is 5.32 Å². The first kappa shape index (κ1) is 12.4. The summed E-state index contributed by atoms with van der Waals surface area (Å²) >= 11 is 0. The molecule has 1 heterocycles. The van der Waals surface area contributed by atoms with Crippen molar-refractivity contribution < 1.29 is 18.3 Å². The van der Waals surface area contributed by atoms with Gasteiger partial charge in [0.05, 0.1) is 11.5 Å². The van der Waals surface area contributed by atoms with Gasteiger partial charge in [-0.2, -0.15) is 0 Å². The van der Waals surface area contributed by atoms with Gasteiger partial charge in [-0.05, 0) is 25.8 Å². The van der Waals surface area contributed by atoms with Gasteiger partial charge in [0.1, 0.15) is 9.84 Å². The molecule has 15 heavy (non-hydrogen) atoms. The zero-order valence-electron chi connectivity index (χ0n) is 8.61.